The first-order chi connectivity index (χ1) is 14.3. The molecule has 158 valence electrons. The van der Waals surface area contributed by atoms with E-state index in [2.05, 4.69) is 10.6 Å². The second-order valence-corrected chi connectivity index (χ2v) is 8.60. The van der Waals surface area contributed by atoms with Crippen LogP contribution in [0, 0.1) is 20.8 Å². The minimum absolute atomic E-state index is 0.0561. The maximum absolute atomic E-state index is 12.6. The number of fused-ring (bicyclic) bond motifs is 1. The lowest BCUT2D eigenvalue weighted by Gasteiger charge is -2.29. The standard InChI is InChI=1S/C23H27N3O3S/c1-15-12-16(2)23(17(3)13-15)25-21(28)14-24-20(27)8-9-22(29)26-10-11-30-19-7-5-4-6-18(19)26/h4-7,12-13H,8-11,14H2,1-3H3,(H,24,27)(H,25,28). The molecular formula is C23H27N3O3S. The van der Waals surface area contributed by atoms with Gasteiger partial charge in [-0.3, -0.25) is 14.4 Å². The number of carbonyl (C=O) groups excluding carboxylic acids is 3. The number of aryl methyl sites for hydroxylation is 3. The summed E-state index contributed by atoms with van der Waals surface area (Å²) in [5, 5.41) is 5.46. The van der Waals surface area contributed by atoms with E-state index in [0.29, 0.717) is 6.54 Å². The molecule has 0 fully saturated rings. The van der Waals surface area contributed by atoms with E-state index in [1.165, 1.54) is 0 Å². The Bertz CT molecular complexity index is 951. The lowest BCUT2D eigenvalue weighted by molar-refractivity contribution is -0.126. The van der Waals surface area contributed by atoms with Crippen LogP contribution in [-0.4, -0.2) is 36.6 Å². The highest BCUT2D eigenvalue weighted by molar-refractivity contribution is 7.99. The Morgan fingerprint density at radius 3 is 2.43 bits per heavy atom. The van der Waals surface area contributed by atoms with Gasteiger partial charge in [0.2, 0.25) is 17.7 Å². The molecule has 0 radical (unpaired) electrons. The molecule has 0 saturated carbocycles. The molecule has 0 aromatic heterocycles. The maximum atomic E-state index is 12.6. The first-order valence-electron chi connectivity index (χ1n) is 10.0. The number of thioether (sulfide) groups is 1. The molecule has 3 rings (SSSR count). The smallest absolute Gasteiger partial charge is 0.243 e. The summed E-state index contributed by atoms with van der Waals surface area (Å²) in [4.78, 5) is 39.8. The van der Waals surface area contributed by atoms with Gasteiger partial charge in [-0.25, -0.2) is 0 Å². The zero-order valence-electron chi connectivity index (χ0n) is 17.6. The molecule has 2 aromatic rings. The van der Waals surface area contributed by atoms with Crippen LogP contribution in [-0.2, 0) is 14.4 Å². The van der Waals surface area contributed by atoms with Crippen molar-refractivity contribution in [2.24, 2.45) is 0 Å². The number of anilines is 2. The largest absolute Gasteiger partial charge is 0.347 e. The number of benzene rings is 2. The Kier molecular flexibility index (Phi) is 7.15. The topological polar surface area (TPSA) is 78.5 Å². The number of nitrogens with zero attached hydrogens (tertiary/aromatic N) is 1. The first-order valence-corrected chi connectivity index (χ1v) is 11.0. The summed E-state index contributed by atoms with van der Waals surface area (Å²) in [6.07, 6.45) is 0.170. The van der Waals surface area contributed by atoms with Crippen LogP contribution >= 0.6 is 11.8 Å². The molecule has 0 spiro atoms. The zero-order valence-corrected chi connectivity index (χ0v) is 18.4. The second-order valence-electron chi connectivity index (χ2n) is 7.46. The van der Waals surface area contributed by atoms with Crippen molar-refractivity contribution in [1.29, 1.82) is 0 Å². The molecule has 3 amide bonds. The summed E-state index contributed by atoms with van der Waals surface area (Å²) >= 11 is 1.73. The van der Waals surface area contributed by atoms with Gasteiger partial charge in [0.25, 0.3) is 0 Å². The minimum atomic E-state index is -0.310. The van der Waals surface area contributed by atoms with E-state index in [-0.39, 0.29) is 37.1 Å². The van der Waals surface area contributed by atoms with Crippen LogP contribution in [0.1, 0.15) is 29.5 Å². The molecule has 1 aliphatic rings. The molecule has 6 nitrogen and oxygen atoms in total. The predicted octanol–water partition coefficient (Wildman–Crippen LogP) is 3.59. The molecule has 0 unspecified atom stereocenters. The SMILES string of the molecule is Cc1cc(C)c(NC(=O)CNC(=O)CCC(=O)N2CCSc3ccccc32)c(C)c1. The summed E-state index contributed by atoms with van der Waals surface area (Å²) in [5.41, 5.74) is 4.78. The van der Waals surface area contributed by atoms with Gasteiger partial charge in [-0.05, 0) is 44.0 Å². The number of nitrogens with one attached hydrogen (secondary N) is 2. The van der Waals surface area contributed by atoms with Crippen molar-refractivity contribution >= 4 is 40.9 Å². The van der Waals surface area contributed by atoms with Gasteiger partial charge < -0.3 is 15.5 Å². The van der Waals surface area contributed by atoms with Crippen molar-refractivity contribution in [2.75, 3.05) is 29.1 Å². The normalized spacial score (nSPS) is 12.8. The Morgan fingerprint density at radius 2 is 1.70 bits per heavy atom. The van der Waals surface area contributed by atoms with Crippen LogP contribution in [0.4, 0.5) is 11.4 Å². The second kappa shape index (κ2) is 9.80. The third kappa shape index (κ3) is 5.42. The van der Waals surface area contributed by atoms with Crippen LogP contribution in [0.25, 0.3) is 0 Å². The number of hydrogen-bond acceptors (Lipinski definition) is 4. The molecule has 1 aliphatic heterocycles. The third-order valence-corrected chi connectivity index (χ3v) is 6.03. The zero-order chi connectivity index (χ0) is 21.7. The van der Waals surface area contributed by atoms with Gasteiger partial charge in [-0.1, -0.05) is 29.8 Å². The molecule has 2 N–H and O–H groups in total. The fourth-order valence-electron chi connectivity index (χ4n) is 3.61. The van der Waals surface area contributed by atoms with Crippen molar-refractivity contribution in [3.05, 3.63) is 53.1 Å². The monoisotopic (exact) mass is 425 g/mol. The van der Waals surface area contributed by atoms with Crippen molar-refractivity contribution in [1.82, 2.24) is 5.32 Å². The Balaban J connectivity index is 1.46. The van der Waals surface area contributed by atoms with E-state index in [0.717, 1.165) is 38.7 Å². The highest BCUT2D eigenvalue weighted by Crippen LogP contribution is 2.34. The van der Waals surface area contributed by atoms with Crippen molar-refractivity contribution in [3.63, 3.8) is 0 Å². The average molecular weight is 426 g/mol. The van der Waals surface area contributed by atoms with Gasteiger partial charge in [0.15, 0.2) is 0 Å². The molecule has 0 atom stereocenters. The van der Waals surface area contributed by atoms with Gasteiger partial charge in [0.05, 0.1) is 12.2 Å². The Morgan fingerprint density at radius 1 is 1.00 bits per heavy atom. The quantitative estimate of drug-likeness (QED) is 0.741. The van der Waals surface area contributed by atoms with E-state index >= 15 is 0 Å². The van der Waals surface area contributed by atoms with Gasteiger partial charge in [-0.15, -0.1) is 11.8 Å². The first kappa shape index (κ1) is 21.9. The van der Waals surface area contributed by atoms with E-state index in [1.807, 2.05) is 57.2 Å². The number of rotatable bonds is 6. The van der Waals surface area contributed by atoms with Crippen LogP contribution in [0.5, 0.6) is 0 Å². The average Bonchev–Trinajstić information content (AvgIpc) is 2.72. The molecular weight excluding hydrogens is 398 g/mol. The summed E-state index contributed by atoms with van der Waals surface area (Å²) in [6, 6.07) is 11.8. The Hall–Kier alpha value is -2.80. The van der Waals surface area contributed by atoms with Crippen molar-refractivity contribution in [3.8, 4) is 0 Å². The predicted molar refractivity (Wildman–Crippen MR) is 121 cm³/mol. The highest BCUT2D eigenvalue weighted by atomic mass is 32.2. The van der Waals surface area contributed by atoms with Gasteiger partial charge in [-0.2, -0.15) is 0 Å². The van der Waals surface area contributed by atoms with Crippen LogP contribution in [0.15, 0.2) is 41.3 Å². The molecule has 2 aromatic carbocycles. The van der Waals surface area contributed by atoms with Crippen LogP contribution in [0.2, 0.25) is 0 Å². The third-order valence-electron chi connectivity index (χ3n) is 4.98. The molecule has 7 heteroatoms. The van der Waals surface area contributed by atoms with Gasteiger partial charge in [0.1, 0.15) is 0 Å². The fraction of sp³-hybridized carbons (Fsp3) is 0.348. The summed E-state index contributed by atoms with van der Waals surface area (Å²) in [7, 11) is 0. The van der Waals surface area contributed by atoms with Gasteiger partial charge in [0, 0.05) is 35.7 Å². The van der Waals surface area contributed by atoms with Crippen LogP contribution in [0.3, 0.4) is 0 Å². The molecule has 30 heavy (non-hydrogen) atoms. The van der Waals surface area contributed by atoms with Crippen molar-refractivity contribution in [2.45, 2.75) is 38.5 Å². The van der Waals surface area contributed by atoms with E-state index < -0.39 is 0 Å². The Labute approximate surface area is 181 Å². The van der Waals surface area contributed by atoms with E-state index in [1.54, 1.807) is 16.7 Å². The summed E-state index contributed by atoms with van der Waals surface area (Å²) in [6.45, 7) is 6.41. The van der Waals surface area contributed by atoms with E-state index in [9.17, 15) is 14.4 Å². The van der Waals surface area contributed by atoms with Crippen molar-refractivity contribution < 1.29 is 14.4 Å². The van der Waals surface area contributed by atoms with E-state index in [4.69, 9.17) is 0 Å². The number of para-hydroxylation sites is 1. The maximum Gasteiger partial charge on any atom is 0.243 e. The number of hydrogen-bond donors (Lipinski definition) is 2. The fourth-order valence-corrected chi connectivity index (χ4v) is 4.61. The van der Waals surface area contributed by atoms with Gasteiger partial charge >= 0.3 is 0 Å². The molecule has 0 bridgehead atoms. The number of amides is 3. The van der Waals surface area contributed by atoms with Crippen LogP contribution < -0.4 is 15.5 Å². The molecule has 0 saturated heterocycles. The number of carbonyl (C=O) groups is 3. The summed E-state index contributed by atoms with van der Waals surface area (Å²) in [5.74, 6) is 0.169. The summed E-state index contributed by atoms with van der Waals surface area (Å²) < 4.78 is 0. The molecule has 0 aliphatic carbocycles. The lowest BCUT2D eigenvalue weighted by atomic mass is 10.1. The minimum Gasteiger partial charge on any atom is -0.347 e. The lowest BCUT2D eigenvalue weighted by Crippen LogP contribution is -2.37. The molecule has 1 heterocycles. The highest BCUT2D eigenvalue weighted by Gasteiger charge is 2.23.